The molecule has 0 saturated carbocycles. The molecular formula is C19H23N3O4. The van der Waals surface area contributed by atoms with Gasteiger partial charge in [-0.15, -0.1) is 0 Å². The predicted molar refractivity (Wildman–Crippen MR) is 100 cm³/mol. The van der Waals surface area contributed by atoms with E-state index in [2.05, 4.69) is 15.9 Å². The van der Waals surface area contributed by atoms with E-state index in [1.165, 1.54) is 12.1 Å². The lowest BCUT2D eigenvalue weighted by molar-refractivity contribution is -0.384. The molecule has 0 N–H and O–H groups in total. The van der Waals surface area contributed by atoms with Gasteiger partial charge in [0.1, 0.15) is 18.1 Å². The number of rotatable bonds is 7. The topological polar surface area (TPSA) is 68.1 Å². The first-order valence-electron chi connectivity index (χ1n) is 8.65. The summed E-state index contributed by atoms with van der Waals surface area (Å²) >= 11 is 0. The Morgan fingerprint density at radius 2 is 1.85 bits per heavy atom. The van der Waals surface area contributed by atoms with Gasteiger partial charge in [0.2, 0.25) is 0 Å². The number of ether oxygens (including phenoxy) is 2. The van der Waals surface area contributed by atoms with Crippen LogP contribution in [0.2, 0.25) is 0 Å². The van der Waals surface area contributed by atoms with Crippen LogP contribution < -0.4 is 14.4 Å². The fraction of sp³-hybridized carbons (Fsp3) is 0.368. The molecular weight excluding hydrogens is 334 g/mol. The Morgan fingerprint density at radius 1 is 1.08 bits per heavy atom. The third-order valence-corrected chi connectivity index (χ3v) is 4.50. The van der Waals surface area contributed by atoms with E-state index in [0.717, 1.165) is 44.2 Å². The van der Waals surface area contributed by atoms with Gasteiger partial charge in [0.15, 0.2) is 0 Å². The minimum Gasteiger partial charge on any atom is -0.495 e. The normalized spacial score (nSPS) is 14.9. The number of benzene rings is 2. The standard InChI is InChI=1S/C19H23N3O4/c1-25-19-8-3-2-7-18(19)21-11-9-20(10-12-21)13-14-26-17-6-4-5-16(15-17)22(23)24/h2-8,15H,9-14H2,1H3. The van der Waals surface area contributed by atoms with Crippen LogP contribution in [0.25, 0.3) is 0 Å². The SMILES string of the molecule is COc1ccccc1N1CCN(CCOc2cccc([N+](=O)[O-])c2)CC1. The van der Waals surface area contributed by atoms with Crippen LogP contribution in [0.3, 0.4) is 0 Å². The van der Waals surface area contributed by atoms with Crippen LogP contribution in [-0.4, -0.2) is 56.3 Å². The number of hydrogen-bond acceptors (Lipinski definition) is 6. The van der Waals surface area contributed by atoms with E-state index in [1.807, 2.05) is 18.2 Å². The molecule has 1 aliphatic rings. The van der Waals surface area contributed by atoms with Gasteiger partial charge in [-0.2, -0.15) is 0 Å². The van der Waals surface area contributed by atoms with Gasteiger partial charge in [0, 0.05) is 38.8 Å². The number of non-ortho nitro benzene ring substituents is 1. The molecule has 2 aromatic rings. The van der Waals surface area contributed by atoms with E-state index in [1.54, 1.807) is 19.2 Å². The van der Waals surface area contributed by atoms with Crippen LogP contribution in [0.15, 0.2) is 48.5 Å². The van der Waals surface area contributed by atoms with Crippen molar-refractivity contribution in [1.29, 1.82) is 0 Å². The first-order valence-corrected chi connectivity index (χ1v) is 8.65. The quantitative estimate of drug-likeness (QED) is 0.561. The molecule has 2 aromatic carbocycles. The van der Waals surface area contributed by atoms with Crippen LogP contribution in [0, 0.1) is 10.1 Å². The van der Waals surface area contributed by atoms with Gasteiger partial charge in [-0.3, -0.25) is 15.0 Å². The molecule has 0 unspecified atom stereocenters. The third kappa shape index (κ3) is 4.43. The molecule has 0 spiro atoms. The second kappa shape index (κ2) is 8.53. The van der Waals surface area contributed by atoms with Crippen LogP contribution in [0.1, 0.15) is 0 Å². The molecule has 26 heavy (non-hydrogen) atoms. The summed E-state index contributed by atoms with van der Waals surface area (Å²) in [5.41, 5.74) is 1.18. The number of methoxy groups -OCH3 is 1. The van der Waals surface area contributed by atoms with E-state index >= 15 is 0 Å². The van der Waals surface area contributed by atoms with Crippen molar-refractivity contribution in [1.82, 2.24) is 4.90 Å². The lowest BCUT2D eigenvalue weighted by atomic mass is 10.2. The second-order valence-electron chi connectivity index (χ2n) is 6.10. The molecule has 0 radical (unpaired) electrons. The molecule has 3 rings (SSSR count). The summed E-state index contributed by atoms with van der Waals surface area (Å²) in [6.45, 7) is 5.04. The average Bonchev–Trinajstić information content (AvgIpc) is 2.69. The zero-order valence-corrected chi connectivity index (χ0v) is 14.8. The zero-order valence-electron chi connectivity index (χ0n) is 14.8. The number of anilines is 1. The van der Waals surface area contributed by atoms with E-state index in [0.29, 0.717) is 12.4 Å². The fourth-order valence-electron chi connectivity index (χ4n) is 3.08. The molecule has 0 atom stereocenters. The van der Waals surface area contributed by atoms with Gasteiger partial charge in [-0.1, -0.05) is 18.2 Å². The highest BCUT2D eigenvalue weighted by molar-refractivity contribution is 5.58. The van der Waals surface area contributed by atoms with Crippen molar-refractivity contribution >= 4 is 11.4 Å². The fourth-order valence-corrected chi connectivity index (χ4v) is 3.08. The Kier molecular flexibility index (Phi) is 5.91. The van der Waals surface area contributed by atoms with Gasteiger partial charge in [-0.25, -0.2) is 0 Å². The number of nitro benzene ring substituents is 1. The summed E-state index contributed by atoms with van der Waals surface area (Å²) in [4.78, 5) is 15.0. The highest BCUT2D eigenvalue weighted by Crippen LogP contribution is 2.28. The number of hydrogen-bond donors (Lipinski definition) is 0. The monoisotopic (exact) mass is 357 g/mol. The molecule has 0 bridgehead atoms. The molecule has 0 amide bonds. The van der Waals surface area contributed by atoms with Crippen LogP contribution in [-0.2, 0) is 0 Å². The van der Waals surface area contributed by atoms with Crippen LogP contribution in [0.4, 0.5) is 11.4 Å². The third-order valence-electron chi connectivity index (χ3n) is 4.50. The first-order chi connectivity index (χ1) is 12.7. The van der Waals surface area contributed by atoms with Crippen molar-refractivity contribution in [2.24, 2.45) is 0 Å². The summed E-state index contributed by atoms with van der Waals surface area (Å²) in [7, 11) is 1.69. The summed E-state index contributed by atoms with van der Waals surface area (Å²) in [5, 5.41) is 10.8. The molecule has 7 heteroatoms. The zero-order chi connectivity index (χ0) is 18.4. The van der Waals surface area contributed by atoms with E-state index in [9.17, 15) is 10.1 Å². The first kappa shape index (κ1) is 18.0. The maximum Gasteiger partial charge on any atom is 0.273 e. The molecule has 1 fully saturated rings. The van der Waals surface area contributed by atoms with Crippen molar-refractivity contribution in [3.8, 4) is 11.5 Å². The van der Waals surface area contributed by atoms with Crippen molar-refractivity contribution in [3.63, 3.8) is 0 Å². The highest BCUT2D eigenvalue weighted by Gasteiger charge is 2.19. The maximum atomic E-state index is 10.8. The van der Waals surface area contributed by atoms with E-state index in [4.69, 9.17) is 9.47 Å². The van der Waals surface area contributed by atoms with Crippen molar-refractivity contribution in [2.45, 2.75) is 0 Å². The molecule has 1 heterocycles. The number of piperazine rings is 1. The smallest absolute Gasteiger partial charge is 0.273 e. The predicted octanol–water partition coefficient (Wildman–Crippen LogP) is 2.80. The van der Waals surface area contributed by atoms with Crippen molar-refractivity contribution in [3.05, 3.63) is 58.6 Å². The van der Waals surface area contributed by atoms with E-state index < -0.39 is 4.92 Å². The van der Waals surface area contributed by atoms with Crippen LogP contribution >= 0.6 is 0 Å². The Morgan fingerprint density at radius 3 is 2.58 bits per heavy atom. The molecule has 0 aliphatic carbocycles. The second-order valence-corrected chi connectivity index (χ2v) is 6.10. The number of nitrogens with zero attached hydrogens (tertiary/aromatic N) is 3. The lowest BCUT2D eigenvalue weighted by Gasteiger charge is -2.36. The Hall–Kier alpha value is -2.80. The number of para-hydroxylation sites is 2. The molecule has 138 valence electrons. The highest BCUT2D eigenvalue weighted by atomic mass is 16.6. The Balaban J connectivity index is 1.46. The van der Waals surface area contributed by atoms with Gasteiger partial charge in [0.25, 0.3) is 5.69 Å². The van der Waals surface area contributed by atoms with Crippen molar-refractivity contribution < 1.29 is 14.4 Å². The maximum absolute atomic E-state index is 10.8. The minimum atomic E-state index is -0.413. The van der Waals surface area contributed by atoms with Gasteiger partial charge >= 0.3 is 0 Å². The van der Waals surface area contributed by atoms with Gasteiger partial charge < -0.3 is 14.4 Å². The van der Waals surface area contributed by atoms with Gasteiger partial charge in [-0.05, 0) is 18.2 Å². The van der Waals surface area contributed by atoms with Crippen LogP contribution in [0.5, 0.6) is 11.5 Å². The average molecular weight is 357 g/mol. The number of nitro groups is 1. The summed E-state index contributed by atoms with van der Waals surface area (Å²) < 4.78 is 11.1. The Bertz CT molecular complexity index is 745. The molecule has 1 aliphatic heterocycles. The summed E-state index contributed by atoms with van der Waals surface area (Å²) in [6.07, 6.45) is 0. The molecule has 1 saturated heterocycles. The minimum absolute atomic E-state index is 0.0490. The summed E-state index contributed by atoms with van der Waals surface area (Å²) in [5.74, 6) is 1.43. The molecule has 0 aromatic heterocycles. The van der Waals surface area contributed by atoms with Crippen molar-refractivity contribution in [2.75, 3.05) is 51.3 Å². The lowest BCUT2D eigenvalue weighted by Crippen LogP contribution is -2.47. The van der Waals surface area contributed by atoms with E-state index in [-0.39, 0.29) is 5.69 Å². The largest absolute Gasteiger partial charge is 0.495 e. The molecule has 7 nitrogen and oxygen atoms in total. The van der Waals surface area contributed by atoms with Gasteiger partial charge in [0.05, 0.1) is 23.8 Å². The Labute approximate surface area is 152 Å². The summed E-state index contributed by atoms with van der Waals surface area (Å²) in [6, 6.07) is 14.4.